The fourth-order valence-electron chi connectivity index (χ4n) is 1.72. The number of nitrogens with two attached hydrogens (primary N) is 1. The number of thioether (sulfide) groups is 1. The van der Waals surface area contributed by atoms with Gasteiger partial charge < -0.3 is 5.73 Å². The van der Waals surface area contributed by atoms with Crippen LogP contribution in [0.3, 0.4) is 0 Å². The van der Waals surface area contributed by atoms with Crippen LogP contribution in [0.1, 0.15) is 19.8 Å². The van der Waals surface area contributed by atoms with Crippen molar-refractivity contribution < 1.29 is 0 Å². The van der Waals surface area contributed by atoms with Crippen LogP contribution in [-0.4, -0.2) is 16.3 Å². The lowest BCUT2D eigenvalue weighted by Gasteiger charge is -2.15. The smallest absolute Gasteiger partial charge is 0.150 e. The lowest BCUT2D eigenvalue weighted by molar-refractivity contribution is 0.535. The Labute approximate surface area is 86.9 Å². The second kappa shape index (κ2) is 3.98. The summed E-state index contributed by atoms with van der Waals surface area (Å²) in [5.74, 6) is 0.633. The zero-order chi connectivity index (χ0) is 9.26. The van der Waals surface area contributed by atoms with Crippen LogP contribution in [0.2, 0.25) is 0 Å². The third-order valence-corrected chi connectivity index (χ3v) is 5.13. The average Bonchev–Trinajstić information content (AvgIpc) is 2.71. The molecule has 1 heterocycles. The standard InChI is InChI=1S/C9H14N2S2/c1-6-7(10)2-3-8(6)13-9-11-4-5-12-9/h4-8H,2-3,10H2,1H3. The number of nitrogens with zero attached hydrogens (tertiary/aromatic N) is 1. The molecule has 1 aromatic rings. The average molecular weight is 214 g/mol. The van der Waals surface area contributed by atoms with E-state index in [1.165, 1.54) is 17.2 Å². The molecular formula is C9H14N2S2. The van der Waals surface area contributed by atoms with Crippen LogP contribution < -0.4 is 5.73 Å². The van der Waals surface area contributed by atoms with Gasteiger partial charge in [-0.15, -0.1) is 11.3 Å². The molecule has 2 nitrogen and oxygen atoms in total. The zero-order valence-electron chi connectivity index (χ0n) is 7.64. The Bertz CT molecular complexity index is 261. The van der Waals surface area contributed by atoms with Gasteiger partial charge in [-0.05, 0) is 18.8 Å². The number of rotatable bonds is 2. The molecule has 1 aliphatic carbocycles. The summed E-state index contributed by atoms with van der Waals surface area (Å²) in [4.78, 5) is 4.28. The maximum absolute atomic E-state index is 5.97. The lowest BCUT2D eigenvalue weighted by atomic mass is 10.1. The summed E-state index contributed by atoms with van der Waals surface area (Å²) in [6.07, 6.45) is 4.28. The van der Waals surface area contributed by atoms with Crippen molar-refractivity contribution in [2.24, 2.45) is 11.7 Å². The van der Waals surface area contributed by atoms with E-state index in [2.05, 4.69) is 11.9 Å². The number of thiazole rings is 1. The summed E-state index contributed by atoms with van der Waals surface area (Å²) in [6.45, 7) is 2.25. The lowest BCUT2D eigenvalue weighted by Crippen LogP contribution is -2.25. The number of hydrogen-bond acceptors (Lipinski definition) is 4. The van der Waals surface area contributed by atoms with Crippen LogP contribution in [0.25, 0.3) is 0 Å². The molecule has 0 radical (unpaired) electrons. The van der Waals surface area contributed by atoms with Gasteiger partial charge in [0.25, 0.3) is 0 Å². The molecule has 0 bridgehead atoms. The van der Waals surface area contributed by atoms with Crippen molar-refractivity contribution in [3.63, 3.8) is 0 Å². The minimum absolute atomic E-state index is 0.400. The summed E-state index contributed by atoms with van der Waals surface area (Å²) in [5.41, 5.74) is 5.97. The van der Waals surface area contributed by atoms with E-state index in [0.717, 1.165) is 0 Å². The summed E-state index contributed by atoms with van der Waals surface area (Å²) in [6, 6.07) is 0.400. The predicted octanol–water partition coefficient (Wildman–Crippen LogP) is 2.36. The first-order chi connectivity index (χ1) is 6.27. The molecule has 0 amide bonds. The largest absolute Gasteiger partial charge is 0.327 e. The highest BCUT2D eigenvalue weighted by Gasteiger charge is 2.31. The van der Waals surface area contributed by atoms with E-state index >= 15 is 0 Å². The molecule has 0 saturated heterocycles. The first kappa shape index (κ1) is 9.49. The van der Waals surface area contributed by atoms with Crippen LogP contribution in [0.15, 0.2) is 15.9 Å². The molecule has 1 aromatic heterocycles. The molecule has 3 unspecified atom stereocenters. The van der Waals surface area contributed by atoms with Crippen molar-refractivity contribution in [3.05, 3.63) is 11.6 Å². The van der Waals surface area contributed by atoms with Crippen molar-refractivity contribution in [1.82, 2.24) is 4.98 Å². The van der Waals surface area contributed by atoms with E-state index in [-0.39, 0.29) is 0 Å². The fraction of sp³-hybridized carbons (Fsp3) is 0.667. The molecule has 13 heavy (non-hydrogen) atoms. The second-order valence-electron chi connectivity index (χ2n) is 3.55. The van der Waals surface area contributed by atoms with E-state index in [1.807, 2.05) is 23.3 Å². The predicted molar refractivity (Wildman–Crippen MR) is 58.1 cm³/mol. The molecule has 0 aromatic carbocycles. The fourth-order valence-corrected chi connectivity index (χ4v) is 3.89. The topological polar surface area (TPSA) is 38.9 Å². The zero-order valence-corrected chi connectivity index (χ0v) is 9.28. The normalized spacial score (nSPS) is 33.8. The van der Waals surface area contributed by atoms with Crippen molar-refractivity contribution >= 4 is 23.1 Å². The molecule has 1 saturated carbocycles. The van der Waals surface area contributed by atoms with Gasteiger partial charge in [0.05, 0.1) is 0 Å². The number of hydrogen-bond donors (Lipinski definition) is 1. The highest BCUT2D eigenvalue weighted by Crippen LogP contribution is 2.38. The minimum atomic E-state index is 0.400. The highest BCUT2D eigenvalue weighted by atomic mass is 32.2. The maximum Gasteiger partial charge on any atom is 0.150 e. The molecule has 0 aliphatic heterocycles. The molecule has 1 fully saturated rings. The first-order valence-electron chi connectivity index (χ1n) is 4.59. The van der Waals surface area contributed by atoms with E-state index in [1.54, 1.807) is 11.3 Å². The molecule has 0 spiro atoms. The van der Waals surface area contributed by atoms with E-state index < -0.39 is 0 Å². The van der Waals surface area contributed by atoms with Gasteiger partial charge in [-0.1, -0.05) is 18.7 Å². The van der Waals surface area contributed by atoms with Gasteiger partial charge in [-0.3, -0.25) is 0 Å². The Morgan fingerprint density at radius 1 is 1.62 bits per heavy atom. The van der Waals surface area contributed by atoms with Crippen molar-refractivity contribution in [1.29, 1.82) is 0 Å². The molecule has 72 valence electrons. The number of aromatic nitrogens is 1. The molecule has 1 aliphatic rings. The quantitative estimate of drug-likeness (QED) is 0.821. The Balaban J connectivity index is 1.96. The van der Waals surface area contributed by atoms with Crippen LogP contribution >= 0.6 is 23.1 Å². The Kier molecular flexibility index (Phi) is 2.91. The Morgan fingerprint density at radius 2 is 2.46 bits per heavy atom. The van der Waals surface area contributed by atoms with Crippen molar-refractivity contribution in [2.45, 2.75) is 35.4 Å². The van der Waals surface area contributed by atoms with Gasteiger partial charge in [-0.25, -0.2) is 4.98 Å². The van der Waals surface area contributed by atoms with Gasteiger partial charge in [-0.2, -0.15) is 0 Å². The second-order valence-corrected chi connectivity index (χ2v) is 5.94. The Morgan fingerprint density at radius 3 is 3.00 bits per heavy atom. The molecule has 4 heteroatoms. The van der Waals surface area contributed by atoms with E-state index in [4.69, 9.17) is 5.73 Å². The summed E-state index contributed by atoms with van der Waals surface area (Å²) < 4.78 is 1.19. The van der Waals surface area contributed by atoms with Gasteiger partial charge in [0, 0.05) is 22.9 Å². The molecule has 2 rings (SSSR count). The molecule has 2 N–H and O–H groups in total. The Hall–Kier alpha value is -0.0600. The maximum atomic E-state index is 5.97. The van der Waals surface area contributed by atoms with Crippen LogP contribution in [-0.2, 0) is 0 Å². The van der Waals surface area contributed by atoms with Gasteiger partial charge >= 0.3 is 0 Å². The monoisotopic (exact) mass is 214 g/mol. The van der Waals surface area contributed by atoms with Crippen molar-refractivity contribution in [2.75, 3.05) is 0 Å². The summed E-state index contributed by atoms with van der Waals surface area (Å²) in [5, 5.41) is 2.71. The van der Waals surface area contributed by atoms with Gasteiger partial charge in [0.2, 0.25) is 0 Å². The molecule has 3 atom stereocenters. The summed E-state index contributed by atoms with van der Waals surface area (Å²) in [7, 11) is 0. The summed E-state index contributed by atoms with van der Waals surface area (Å²) >= 11 is 3.62. The van der Waals surface area contributed by atoms with E-state index in [9.17, 15) is 0 Å². The minimum Gasteiger partial charge on any atom is -0.327 e. The van der Waals surface area contributed by atoms with Crippen LogP contribution in [0.5, 0.6) is 0 Å². The third-order valence-electron chi connectivity index (χ3n) is 2.71. The first-order valence-corrected chi connectivity index (χ1v) is 6.35. The highest BCUT2D eigenvalue weighted by molar-refractivity contribution is 8.01. The van der Waals surface area contributed by atoms with Crippen LogP contribution in [0.4, 0.5) is 0 Å². The van der Waals surface area contributed by atoms with Gasteiger partial charge in [0.1, 0.15) is 4.34 Å². The van der Waals surface area contributed by atoms with E-state index in [0.29, 0.717) is 17.2 Å². The molecular weight excluding hydrogens is 200 g/mol. The SMILES string of the molecule is CC1C(N)CCC1Sc1nccs1. The third kappa shape index (κ3) is 2.06. The van der Waals surface area contributed by atoms with Crippen LogP contribution in [0, 0.1) is 5.92 Å². The van der Waals surface area contributed by atoms with Crippen molar-refractivity contribution in [3.8, 4) is 0 Å². The van der Waals surface area contributed by atoms with Gasteiger partial charge in [0.15, 0.2) is 0 Å².